The summed E-state index contributed by atoms with van der Waals surface area (Å²) in [5.74, 6) is 0.935. The van der Waals surface area contributed by atoms with Crippen LogP contribution in [0.3, 0.4) is 0 Å². The lowest BCUT2D eigenvalue weighted by Gasteiger charge is -2.11. The van der Waals surface area contributed by atoms with Gasteiger partial charge in [0.1, 0.15) is 5.78 Å². The van der Waals surface area contributed by atoms with Crippen molar-refractivity contribution >= 4 is 5.78 Å². The largest absolute Gasteiger partial charge is 0.377 e. The van der Waals surface area contributed by atoms with E-state index in [4.69, 9.17) is 4.74 Å². The molecule has 1 rings (SSSR count). The first-order chi connectivity index (χ1) is 5.18. The molecule has 0 N–H and O–H groups in total. The van der Waals surface area contributed by atoms with E-state index in [0.717, 1.165) is 19.4 Å². The van der Waals surface area contributed by atoms with E-state index in [0.29, 0.717) is 18.1 Å². The molecule has 64 valence electrons. The van der Waals surface area contributed by atoms with Crippen LogP contribution in [0, 0.1) is 5.92 Å². The highest BCUT2D eigenvalue weighted by Crippen LogP contribution is 2.18. The van der Waals surface area contributed by atoms with E-state index in [1.165, 1.54) is 0 Å². The monoisotopic (exact) mass is 156 g/mol. The van der Waals surface area contributed by atoms with Crippen LogP contribution in [0.5, 0.6) is 0 Å². The number of Topliss-reactive ketones (excluding diaryl/α,β-unsaturated/α-hetero) is 1. The zero-order chi connectivity index (χ0) is 8.27. The zero-order valence-electron chi connectivity index (χ0n) is 7.30. The maximum atomic E-state index is 10.8. The quantitative estimate of drug-likeness (QED) is 0.622. The molecule has 2 heteroatoms. The summed E-state index contributed by atoms with van der Waals surface area (Å²) in [7, 11) is 0. The Balaban J connectivity index is 2.13. The second kappa shape index (κ2) is 3.86. The molecule has 1 atom stereocenters. The minimum absolute atomic E-state index is 0.227. The fraction of sp³-hybridized carbons (Fsp3) is 0.889. The second-order valence-electron chi connectivity index (χ2n) is 3.63. The lowest BCUT2D eigenvalue weighted by atomic mass is 10.2. The molecule has 1 aliphatic carbocycles. The Hall–Kier alpha value is -0.370. The maximum absolute atomic E-state index is 10.8. The van der Waals surface area contributed by atoms with Crippen LogP contribution in [0.4, 0.5) is 0 Å². The van der Waals surface area contributed by atoms with Crippen molar-refractivity contribution in [2.24, 2.45) is 5.92 Å². The van der Waals surface area contributed by atoms with Gasteiger partial charge < -0.3 is 4.74 Å². The standard InChI is InChI=1S/C9H16O2/c1-7(2)6-11-9-4-3-8(10)5-9/h7,9H,3-6H2,1-2H3. The van der Waals surface area contributed by atoms with Gasteiger partial charge >= 0.3 is 0 Å². The molecule has 0 amide bonds. The number of carbonyl (C=O) groups excluding carboxylic acids is 1. The van der Waals surface area contributed by atoms with Crippen molar-refractivity contribution in [1.29, 1.82) is 0 Å². The number of ketones is 1. The summed E-state index contributed by atoms with van der Waals surface area (Å²) in [6.45, 7) is 5.03. The van der Waals surface area contributed by atoms with Crippen molar-refractivity contribution in [3.63, 3.8) is 0 Å². The molecular formula is C9H16O2. The lowest BCUT2D eigenvalue weighted by Crippen LogP contribution is -2.12. The smallest absolute Gasteiger partial charge is 0.135 e. The summed E-state index contributed by atoms with van der Waals surface area (Å²) in [5.41, 5.74) is 0. The molecule has 1 unspecified atom stereocenters. The number of ether oxygens (including phenoxy) is 1. The topological polar surface area (TPSA) is 26.3 Å². The molecular weight excluding hydrogens is 140 g/mol. The van der Waals surface area contributed by atoms with Crippen molar-refractivity contribution < 1.29 is 9.53 Å². The molecule has 1 aliphatic rings. The number of hydrogen-bond acceptors (Lipinski definition) is 2. The molecule has 0 aromatic heterocycles. The normalized spacial score (nSPS) is 25.0. The Kier molecular flexibility index (Phi) is 3.06. The average molecular weight is 156 g/mol. The van der Waals surface area contributed by atoms with Gasteiger partial charge in [0.25, 0.3) is 0 Å². The van der Waals surface area contributed by atoms with E-state index in [1.54, 1.807) is 0 Å². The number of rotatable bonds is 3. The molecule has 0 radical (unpaired) electrons. The van der Waals surface area contributed by atoms with Gasteiger partial charge in [-0.2, -0.15) is 0 Å². The Morgan fingerprint density at radius 1 is 1.64 bits per heavy atom. The summed E-state index contributed by atoms with van der Waals surface area (Å²) in [5, 5.41) is 0. The van der Waals surface area contributed by atoms with Crippen molar-refractivity contribution in [2.75, 3.05) is 6.61 Å². The summed E-state index contributed by atoms with van der Waals surface area (Å²) in [6.07, 6.45) is 2.53. The van der Waals surface area contributed by atoms with E-state index in [1.807, 2.05) is 0 Å². The van der Waals surface area contributed by atoms with Crippen LogP contribution >= 0.6 is 0 Å². The molecule has 0 saturated heterocycles. The molecule has 1 saturated carbocycles. The van der Waals surface area contributed by atoms with Crippen LogP contribution < -0.4 is 0 Å². The van der Waals surface area contributed by atoms with E-state index in [2.05, 4.69) is 13.8 Å². The molecule has 0 aromatic rings. The van der Waals surface area contributed by atoms with Gasteiger partial charge in [-0.15, -0.1) is 0 Å². The predicted octanol–water partition coefficient (Wildman–Crippen LogP) is 1.78. The summed E-state index contributed by atoms with van der Waals surface area (Å²) in [4.78, 5) is 10.8. The van der Waals surface area contributed by atoms with E-state index in [9.17, 15) is 4.79 Å². The Labute approximate surface area is 67.9 Å². The van der Waals surface area contributed by atoms with Crippen molar-refractivity contribution in [1.82, 2.24) is 0 Å². The third kappa shape index (κ3) is 3.02. The second-order valence-corrected chi connectivity index (χ2v) is 3.63. The van der Waals surface area contributed by atoms with Crippen LogP contribution in [-0.2, 0) is 9.53 Å². The molecule has 2 nitrogen and oxygen atoms in total. The molecule has 0 aliphatic heterocycles. The predicted molar refractivity (Wildman–Crippen MR) is 43.4 cm³/mol. The third-order valence-electron chi connectivity index (χ3n) is 1.87. The van der Waals surface area contributed by atoms with E-state index in [-0.39, 0.29) is 6.10 Å². The minimum Gasteiger partial charge on any atom is -0.377 e. The summed E-state index contributed by atoms with van der Waals surface area (Å²) < 4.78 is 5.51. The summed E-state index contributed by atoms with van der Waals surface area (Å²) in [6, 6.07) is 0. The Morgan fingerprint density at radius 3 is 2.82 bits per heavy atom. The van der Waals surface area contributed by atoms with Crippen LogP contribution in [0.2, 0.25) is 0 Å². The van der Waals surface area contributed by atoms with Gasteiger partial charge in [0.2, 0.25) is 0 Å². The van der Waals surface area contributed by atoms with Gasteiger partial charge in [-0.25, -0.2) is 0 Å². The van der Waals surface area contributed by atoms with E-state index >= 15 is 0 Å². The average Bonchev–Trinajstić information content (AvgIpc) is 2.31. The molecule has 0 aromatic carbocycles. The lowest BCUT2D eigenvalue weighted by molar-refractivity contribution is -0.118. The molecule has 0 spiro atoms. The minimum atomic E-state index is 0.227. The Morgan fingerprint density at radius 2 is 2.36 bits per heavy atom. The molecule has 0 heterocycles. The summed E-state index contributed by atoms with van der Waals surface area (Å²) >= 11 is 0. The maximum Gasteiger partial charge on any atom is 0.135 e. The zero-order valence-corrected chi connectivity index (χ0v) is 7.30. The van der Waals surface area contributed by atoms with Gasteiger partial charge in [0.05, 0.1) is 6.10 Å². The number of carbonyl (C=O) groups is 1. The fourth-order valence-corrected chi connectivity index (χ4v) is 1.25. The van der Waals surface area contributed by atoms with Gasteiger partial charge in [-0.05, 0) is 12.3 Å². The Bertz CT molecular complexity index is 140. The van der Waals surface area contributed by atoms with Crippen molar-refractivity contribution in [2.45, 2.75) is 39.2 Å². The van der Waals surface area contributed by atoms with Gasteiger partial charge in [0.15, 0.2) is 0 Å². The van der Waals surface area contributed by atoms with Crippen molar-refractivity contribution in [3.8, 4) is 0 Å². The van der Waals surface area contributed by atoms with Crippen molar-refractivity contribution in [3.05, 3.63) is 0 Å². The molecule has 11 heavy (non-hydrogen) atoms. The third-order valence-corrected chi connectivity index (χ3v) is 1.87. The van der Waals surface area contributed by atoms with E-state index < -0.39 is 0 Å². The van der Waals surface area contributed by atoms with Crippen LogP contribution in [0.15, 0.2) is 0 Å². The first kappa shape index (κ1) is 8.72. The first-order valence-corrected chi connectivity index (χ1v) is 4.32. The van der Waals surface area contributed by atoms with Crippen LogP contribution in [0.1, 0.15) is 33.1 Å². The van der Waals surface area contributed by atoms with Crippen LogP contribution in [0.25, 0.3) is 0 Å². The van der Waals surface area contributed by atoms with Gasteiger partial charge in [0, 0.05) is 19.4 Å². The van der Waals surface area contributed by atoms with Gasteiger partial charge in [-0.1, -0.05) is 13.8 Å². The fourth-order valence-electron chi connectivity index (χ4n) is 1.25. The highest BCUT2D eigenvalue weighted by atomic mass is 16.5. The highest BCUT2D eigenvalue weighted by molar-refractivity contribution is 5.81. The molecule has 1 fully saturated rings. The first-order valence-electron chi connectivity index (χ1n) is 4.32. The van der Waals surface area contributed by atoms with Gasteiger partial charge in [-0.3, -0.25) is 4.79 Å². The molecule has 0 bridgehead atoms. The number of hydrogen-bond donors (Lipinski definition) is 0. The van der Waals surface area contributed by atoms with Crippen LogP contribution in [-0.4, -0.2) is 18.5 Å². The SMILES string of the molecule is CC(C)COC1CCC(=O)C1. The highest BCUT2D eigenvalue weighted by Gasteiger charge is 2.22.